The molecule has 30 heavy (non-hydrogen) atoms. The summed E-state index contributed by atoms with van der Waals surface area (Å²) in [5, 5.41) is 0. The smallest absolute Gasteiger partial charge is 0.283 e. The molecule has 0 aromatic heterocycles. The number of nitrogens with zero attached hydrogens (tertiary/aromatic N) is 3. The van der Waals surface area contributed by atoms with E-state index in [4.69, 9.17) is 0 Å². The molecular formula is C21H27N3O4S2. The van der Waals surface area contributed by atoms with Crippen molar-refractivity contribution in [2.45, 2.75) is 43.7 Å². The topological polar surface area (TPSA) is 87.1 Å². The quantitative estimate of drug-likeness (QED) is 0.517. The Balaban J connectivity index is 1.94. The van der Waals surface area contributed by atoms with Crippen LogP contribution in [0, 0.1) is 12.8 Å². The summed E-state index contributed by atoms with van der Waals surface area (Å²) in [6, 6.07) is 14.8. The number of hydrogen-bond acceptors (Lipinski definition) is 4. The molecule has 3 rings (SSSR count). The molecule has 0 spiro atoms. The van der Waals surface area contributed by atoms with E-state index < -0.39 is 26.2 Å². The van der Waals surface area contributed by atoms with Crippen molar-refractivity contribution in [3.05, 3.63) is 60.2 Å². The largest absolute Gasteiger partial charge is 0.341 e. The van der Waals surface area contributed by atoms with Crippen LogP contribution in [0.25, 0.3) is 0 Å². The predicted molar refractivity (Wildman–Crippen MR) is 117 cm³/mol. The van der Waals surface area contributed by atoms with Crippen molar-refractivity contribution in [1.82, 2.24) is 9.21 Å². The zero-order valence-corrected chi connectivity index (χ0v) is 19.2. The van der Waals surface area contributed by atoms with Crippen molar-refractivity contribution in [3.8, 4) is 0 Å². The first kappa shape index (κ1) is 22.5. The van der Waals surface area contributed by atoms with Gasteiger partial charge in [-0.2, -0.15) is 12.7 Å². The average Bonchev–Trinajstić information content (AvgIpc) is 3.15. The minimum atomic E-state index is -3.89. The van der Waals surface area contributed by atoms with Gasteiger partial charge < -0.3 is 4.90 Å². The highest BCUT2D eigenvalue weighted by Gasteiger charge is 2.42. The number of hydrogen-bond donors (Lipinski definition) is 0. The van der Waals surface area contributed by atoms with E-state index in [2.05, 4.69) is 4.40 Å². The molecule has 7 nitrogen and oxygen atoms in total. The molecule has 1 aliphatic rings. The minimum absolute atomic E-state index is 0.0711. The van der Waals surface area contributed by atoms with E-state index in [-0.39, 0.29) is 28.1 Å². The van der Waals surface area contributed by atoms with Gasteiger partial charge >= 0.3 is 0 Å². The third-order valence-electron chi connectivity index (χ3n) is 5.11. The third-order valence-corrected chi connectivity index (χ3v) is 8.36. The van der Waals surface area contributed by atoms with Crippen LogP contribution in [0.3, 0.4) is 0 Å². The van der Waals surface area contributed by atoms with E-state index in [1.807, 2.05) is 20.8 Å². The highest BCUT2D eigenvalue weighted by atomic mass is 32.2. The molecule has 2 aromatic rings. The molecule has 0 N–H and O–H groups in total. The average molecular weight is 450 g/mol. The summed E-state index contributed by atoms with van der Waals surface area (Å²) in [6.45, 7) is 7.95. The number of benzene rings is 2. The summed E-state index contributed by atoms with van der Waals surface area (Å²) in [5.41, 5.74) is 0.954. The van der Waals surface area contributed by atoms with Gasteiger partial charge in [0.05, 0.1) is 16.0 Å². The van der Waals surface area contributed by atoms with Crippen LogP contribution >= 0.6 is 0 Å². The third kappa shape index (κ3) is 4.43. The number of aryl methyl sites for hydroxylation is 1. The Morgan fingerprint density at radius 3 is 2.10 bits per heavy atom. The second-order valence-electron chi connectivity index (χ2n) is 7.71. The van der Waals surface area contributed by atoms with Gasteiger partial charge in [-0.15, -0.1) is 4.40 Å². The fourth-order valence-corrected chi connectivity index (χ4v) is 6.43. The zero-order chi connectivity index (χ0) is 22.1. The maximum atomic E-state index is 13.2. The normalized spacial score (nSPS) is 18.9. The van der Waals surface area contributed by atoms with Gasteiger partial charge in [-0.1, -0.05) is 49.7 Å². The Morgan fingerprint density at radius 2 is 1.53 bits per heavy atom. The van der Waals surface area contributed by atoms with E-state index in [1.54, 1.807) is 54.3 Å². The van der Waals surface area contributed by atoms with Crippen LogP contribution in [-0.4, -0.2) is 51.1 Å². The molecule has 1 heterocycles. The second kappa shape index (κ2) is 8.49. The molecule has 1 atom stereocenters. The van der Waals surface area contributed by atoms with Crippen LogP contribution < -0.4 is 0 Å². The first-order chi connectivity index (χ1) is 14.0. The van der Waals surface area contributed by atoms with Crippen LogP contribution in [0.2, 0.25) is 0 Å². The predicted octanol–water partition coefficient (Wildman–Crippen LogP) is 3.09. The molecule has 0 aliphatic carbocycles. The highest BCUT2D eigenvalue weighted by molar-refractivity contribution is 7.90. The van der Waals surface area contributed by atoms with Crippen LogP contribution in [0.5, 0.6) is 0 Å². The van der Waals surface area contributed by atoms with Gasteiger partial charge in [0.2, 0.25) is 10.0 Å². The molecule has 0 radical (unpaired) electrons. The number of rotatable bonds is 5. The van der Waals surface area contributed by atoms with Crippen LogP contribution in [-0.2, 0) is 20.0 Å². The summed E-state index contributed by atoms with van der Waals surface area (Å²) >= 11 is 0. The Labute approximate surface area is 179 Å². The molecule has 1 fully saturated rings. The van der Waals surface area contributed by atoms with E-state index in [0.717, 1.165) is 5.56 Å². The summed E-state index contributed by atoms with van der Waals surface area (Å²) in [7, 11) is -7.60. The second-order valence-corrected chi connectivity index (χ2v) is 11.2. The van der Waals surface area contributed by atoms with Crippen molar-refractivity contribution in [1.29, 1.82) is 0 Å². The Morgan fingerprint density at radius 1 is 0.933 bits per heavy atom. The fourth-order valence-electron chi connectivity index (χ4n) is 3.65. The van der Waals surface area contributed by atoms with Gasteiger partial charge in [0.15, 0.2) is 0 Å². The van der Waals surface area contributed by atoms with Crippen molar-refractivity contribution in [3.63, 3.8) is 0 Å². The van der Waals surface area contributed by atoms with Gasteiger partial charge in [0, 0.05) is 13.1 Å². The van der Waals surface area contributed by atoms with E-state index >= 15 is 0 Å². The van der Waals surface area contributed by atoms with Gasteiger partial charge in [-0.25, -0.2) is 8.42 Å². The van der Waals surface area contributed by atoms with Gasteiger partial charge in [0.25, 0.3) is 10.0 Å². The number of amidine groups is 1. The molecular weight excluding hydrogens is 422 g/mol. The Bertz CT molecular complexity index is 1130. The van der Waals surface area contributed by atoms with E-state index in [1.165, 1.54) is 16.4 Å². The first-order valence-electron chi connectivity index (χ1n) is 9.76. The molecule has 1 aliphatic heterocycles. The molecule has 0 bridgehead atoms. The lowest BCUT2D eigenvalue weighted by molar-refractivity contribution is 0.211. The summed E-state index contributed by atoms with van der Waals surface area (Å²) in [4.78, 5) is 2.09. The van der Waals surface area contributed by atoms with Crippen LogP contribution in [0.15, 0.2) is 68.8 Å². The molecule has 0 saturated carbocycles. The highest BCUT2D eigenvalue weighted by Crippen LogP contribution is 2.29. The number of sulfonamides is 2. The van der Waals surface area contributed by atoms with E-state index in [0.29, 0.717) is 6.54 Å². The summed E-state index contributed by atoms with van der Waals surface area (Å²) < 4.78 is 57.3. The zero-order valence-electron chi connectivity index (χ0n) is 17.6. The van der Waals surface area contributed by atoms with Gasteiger partial charge in [-0.05, 0) is 44.0 Å². The Hall–Kier alpha value is -2.23. The lowest BCUT2D eigenvalue weighted by atomic mass is 10.1. The fraction of sp³-hybridized carbons (Fsp3) is 0.381. The SMILES string of the molecule is CC(=NS(=O)(=O)c1ccc(C)cc1)N1CCN(S(=O)(=O)c2ccccc2)[C@@H]1C(C)C. The van der Waals surface area contributed by atoms with Crippen LogP contribution in [0.4, 0.5) is 0 Å². The molecule has 0 unspecified atom stereocenters. The minimum Gasteiger partial charge on any atom is -0.341 e. The summed E-state index contributed by atoms with van der Waals surface area (Å²) in [6.07, 6.45) is -0.521. The molecule has 1 saturated heterocycles. The standard InChI is InChI=1S/C21H27N3O4S2/c1-16(2)21-23(14-15-24(21)30(27,28)20-8-6-5-7-9-20)18(4)22-29(25,26)19-12-10-17(3)11-13-19/h5-13,16,21H,14-15H2,1-4H3/t21-/m1/s1. The first-order valence-corrected chi connectivity index (χ1v) is 12.6. The molecule has 2 aromatic carbocycles. The lowest BCUT2D eigenvalue weighted by Gasteiger charge is -2.33. The molecule has 0 amide bonds. The van der Waals surface area contributed by atoms with E-state index in [9.17, 15) is 16.8 Å². The van der Waals surface area contributed by atoms with Crippen molar-refractivity contribution < 1.29 is 16.8 Å². The van der Waals surface area contributed by atoms with Crippen molar-refractivity contribution in [2.24, 2.45) is 10.3 Å². The summed E-state index contributed by atoms with van der Waals surface area (Å²) in [5.74, 6) is 0.207. The van der Waals surface area contributed by atoms with Crippen molar-refractivity contribution >= 4 is 25.9 Å². The van der Waals surface area contributed by atoms with Crippen LogP contribution in [0.1, 0.15) is 26.3 Å². The van der Waals surface area contributed by atoms with Gasteiger partial charge in [-0.3, -0.25) is 0 Å². The lowest BCUT2D eigenvalue weighted by Crippen LogP contribution is -2.47. The van der Waals surface area contributed by atoms with Gasteiger partial charge in [0.1, 0.15) is 5.84 Å². The maximum absolute atomic E-state index is 13.2. The molecule has 9 heteroatoms. The maximum Gasteiger partial charge on any atom is 0.283 e. The molecule has 162 valence electrons. The Kier molecular flexibility index (Phi) is 6.35. The van der Waals surface area contributed by atoms with Crippen molar-refractivity contribution in [2.75, 3.05) is 13.1 Å². The monoisotopic (exact) mass is 449 g/mol.